The number of allylic oxidation sites excluding steroid dienone is 1. The van der Waals surface area contributed by atoms with Crippen LogP contribution >= 0.6 is 0 Å². The minimum Gasteiger partial charge on any atom is -0.463 e. The maximum atomic E-state index is 11.6. The molecule has 0 aromatic rings. The van der Waals surface area contributed by atoms with Gasteiger partial charge in [-0.1, -0.05) is 12.2 Å². The van der Waals surface area contributed by atoms with Crippen LogP contribution in [0.4, 0.5) is 0 Å². The highest BCUT2D eigenvalue weighted by Crippen LogP contribution is 2.29. The van der Waals surface area contributed by atoms with E-state index in [1.54, 1.807) is 19.1 Å². The molecule has 0 saturated carbocycles. The zero-order chi connectivity index (χ0) is 19.9. The molecule has 0 amide bonds. The van der Waals surface area contributed by atoms with E-state index in [1.807, 2.05) is 0 Å². The lowest BCUT2D eigenvalue weighted by Crippen LogP contribution is -2.61. The molecule has 5 atom stereocenters. The molecule has 0 unspecified atom stereocenters. The van der Waals surface area contributed by atoms with Gasteiger partial charge >= 0.3 is 23.9 Å². The van der Waals surface area contributed by atoms with E-state index in [2.05, 4.69) is 0 Å². The first-order valence-electron chi connectivity index (χ1n) is 8.09. The van der Waals surface area contributed by atoms with Gasteiger partial charge in [0.15, 0.2) is 18.3 Å². The Morgan fingerprint density at radius 3 is 1.77 bits per heavy atom. The van der Waals surface area contributed by atoms with Gasteiger partial charge in [-0.05, 0) is 6.92 Å². The summed E-state index contributed by atoms with van der Waals surface area (Å²) in [4.78, 5) is 45.7. The second-order valence-electron chi connectivity index (χ2n) is 5.69. The van der Waals surface area contributed by atoms with Gasteiger partial charge in [-0.25, -0.2) is 0 Å². The van der Waals surface area contributed by atoms with Crippen LogP contribution in [0.5, 0.6) is 0 Å². The predicted octanol–water partition coefficient (Wildman–Crippen LogP) is 0.688. The third kappa shape index (κ3) is 6.47. The molecular weight excluding hydrogens is 348 g/mol. The van der Waals surface area contributed by atoms with Crippen molar-refractivity contribution in [3.8, 4) is 0 Å². The standard InChI is InChI=1S/C17H24O9/c1-6-7-13-15(23-10(3)19)17(25-12(5)21)16(24-11(4)20)14(26-13)8-22-9(2)18/h6-7,13-17H,8H2,1-5H3/b7-6+/t13-,14-,15+,16+,17-/m1/s1. The molecule has 1 aliphatic heterocycles. The van der Waals surface area contributed by atoms with Crippen LogP contribution in [0.3, 0.4) is 0 Å². The summed E-state index contributed by atoms with van der Waals surface area (Å²) in [5, 5.41) is 0. The van der Waals surface area contributed by atoms with Crippen molar-refractivity contribution in [3.63, 3.8) is 0 Å². The van der Waals surface area contributed by atoms with Gasteiger partial charge in [-0.2, -0.15) is 0 Å². The van der Waals surface area contributed by atoms with Crippen molar-refractivity contribution in [2.24, 2.45) is 0 Å². The summed E-state index contributed by atoms with van der Waals surface area (Å²) < 4.78 is 26.6. The van der Waals surface area contributed by atoms with E-state index < -0.39 is 54.4 Å². The molecule has 0 N–H and O–H groups in total. The van der Waals surface area contributed by atoms with Crippen molar-refractivity contribution in [3.05, 3.63) is 12.2 Å². The Kier molecular flexibility index (Phi) is 8.24. The summed E-state index contributed by atoms with van der Waals surface area (Å²) in [7, 11) is 0. The van der Waals surface area contributed by atoms with Crippen LogP contribution in [0.1, 0.15) is 34.6 Å². The fourth-order valence-electron chi connectivity index (χ4n) is 2.61. The molecule has 0 aromatic heterocycles. The Morgan fingerprint density at radius 1 is 0.808 bits per heavy atom. The Hall–Kier alpha value is -2.42. The topological polar surface area (TPSA) is 114 Å². The van der Waals surface area contributed by atoms with Crippen molar-refractivity contribution < 1.29 is 42.9 Å². The Morgan fingerprint density at radius 2 is 1.31 bits per heavy atom. The first kappa shape index (κ1) is 21.6. The minimum absolute atomic E-state index is 0.230. The Labute approximate surface area is 151 Å². The van der Waals surface area contributed by atoms with E-state index in [4.69, 9.17) is 23.7 Å². The lowest BCUT2D eigenvalue weighted by molar-refractivity contribution is -0.244. The zero-order valence-electron chi connectivity index (χ0n) is 15.4. The number of rotatable bonds is 6. The summed E-state index contributed by atoms with van der Waals surface area (Å²) in [6.07, 6.45) is -1.72. The molecule has 0 spiro atoms. The third-order valence-corrected chi connectivity index (χ3v) is 3.41. The van der Waals surface area contributed by atoms with Gasteiger partial charge in [0.2, 0.25) is 0 Å². The van der Waals surface area contributed by atoms with Gasteiger partial charge < -0.3 is 23.7 Å². The van der Waals surface area contributed by atoms with E-state index in [9.17, 15) is 19.2 Å². The maximum Gasteiger partial charge on any atom is 0.303 e. The van der Waals surface area contributed by atoms with Gasteiger partial charge in [0.05, 0.1) is 0 Å². The average molecular weight is 372 g/mol. The summed E-state index contributed by atoms with van der Waals surface area (Å²) in [5.41, 5.74) is 0. The number of carbonyl (C=O) groups is 4. The molecular formula is C17H24O9. The van der Waals surface area contributed by atoms with Crippen LogP contribution in [0.15, 0.2) is 12.2 Å². The van der Waals surface area contributed by atoms with Crippen LogP contribution in [0, 0.1) is 0 Å². The van der Waals surface area contributed by atoms with Crippen LogP contribution in [-0.2, 0) is 42.9 Å². The molecule has 0 aliphatic carbocycles. The Bertz CT molecular complexity index is 569. The van der Waals surface area contributed by atoms with Crippen molar-refractivity contribution in [2.45, 2.75) is 65.1 Å². The van der Waals surface area contributed by atoms with Crippen molar-refractivity contribution in [1.29, 1.82) is 0 Å². The molecule has 0 aromatic carbocycles. The normalized spacial score (nSPS) is 28.3. The highest BCUT2D eigenvalue weighted by atomic mass is 16.7. The summed E-state index contributed by atoms with van der Waals surface area (Å²) in [5.74, 6) is -2.49. The van der Waals surface area contributed by atoms with Gasteiger partial charge in [-0.15, -0.1) is 0 Å². The summed E-state index contributed by atoms with van der Waals surface area (Å²) in [6, 6.07) is 0. The first-order chi connectivity index (χ1) is 12.1. The number of hydrogen-bond donors (Lipinski definition) is 0. The van der Waals surface area contributed by atoms with Crippen LogP contribution < -0.4 is 0 Å². The maximum absolute atomic E-state index is 11.6. The molecule has 146 valence electrons. The summed E-state index contributed by atoms with van der Waals surface area (Å²) >= 11 is 0. The van der Waals surface area contributed by atoms with E-state index in [1.165, 1.54) is 27.7 Å². The second-order valence-corrected chi connectivity index (χ2v) is 5.69. The van der Waals surface area contributed by atoms with Crippen LogP contribution in [0.2, 0.25) is 0 Å². The molecule has 9 heteroatoms. The van der Waals surface area contributed by atoms with E-state index in [0.29, 0.717) is 0 Å². The number of hydrogen-bond acceptors (Lipinski definition) is 9. The van der Waals surface area contributed by atoms with Gasteiger partial charge in [0.25, 0.3) is 0 Å². The zero-order valence-corrected chi connectivity index (χ0v) is 15.4. The van der Waals surface area contributed by atoms with Crippen molar-refractivity contribution in [1.82, 2.24) is 0 Å². The molecule has 1 rings (SSSR count). The number of ether oxygens (including phenoxy) is 5. The second kappa shape index (κ2) is 9.91. The van der Waals surface area contributed by atoms with Gasteiger partial charge in [-0.3, -0.25) is 19.2 Å². The minimum atomic E-state index is -1.13. The molecule has 1 saturated heterocycles. The van der Waals surface area contributed by atoms with Gasteiger partial charge in [0, 0.05) is 27.7 Å². The monoisotopic (exact) mass is 372 g/mol. The molecule has 0 radical (unpaired) electrons. The summed E-state index contributed by atoms with van der Waals surface area (Å²) in [6.45, 7) is 6.27. The van der Waals surface area contributed by atoms with Gasteiger partial charge in [0.1, 0.15) is 18.8 Å². The Balaban J connectivity index is 3.26. The largest absolute Gasteiger partial charge is 0.463 e. The molecule has 1 aliphatic rings. The number of esters is 4. The highest BCUT2D eigenvalue weighted by molar-refractivity contribution is 5.68. The number of carbonyl (C=O) groups excluding carboxylic acids is 4. The van der Waals surface area contributed by atoms with Crippen LogP contribution in [0.25, 0.3) is 0 Å². The smallest absolute Gasteiger partial charge is 0.303 e. The molecule has 26 heavy (non-hydrogen) atoms. The lowest BCUT2D eigenvalue weighted by Gasteiger charge is -2.43. The van der Waals surface area contributed by atoms with E-state index in [0.717, 1.165) is 0 Å². The van der Waals surface area contributed by atoms with Crippen LogP contribution in [-0.4, -0.2) is 61.0 Å². The molecule has 9 nitrogen and oxygen atoms in total. The highest BCUT2D eigenvalue weighted by Gasteiger charge is 2.51. The van der Waals surface area contributed by atoms with E-state index in [-0.39, 0.29) is 6.61 Å². The fourth-order valence-corrected chi connectivity index (χ4v) is 2.61. The molecule has 1 fully saturated rings. The van der Waals surface area contributed by atoms with Crippen molar-refractivity contribution >= 4 is 23.9 Å². The van der Waals surface area contributed by atoms with E-state index >= 15 is 0 Å². The average Bonchev–Trinajstić information content (AvgIpc) is 2.50. The third-order valence-electron chi connectivity index (χ3n) is 3.41. The fraction of sp³-hybridized carbons (Fsp3) is 0.647. The quantitative estimate of drug-likeness (QED) is 0.377. The molecule has 0 bridgehead atoms. The lowest BCUT2D eigenvalue weighted by atomic mass is 9.94. The predicted molar refractivity (Wildman–Crippen MR) is 86.8 cm³/mol. The first-order valence-corrected chi connectivity index (χ1v) is 8.09. The van der Waals surface area contributed by atoms with Crippen molar-refractivity contribution in [2.75, 3.05) is 6.61 Å². The SMILES string of the molecule is C/C=C/[C@H]1O[C@H](COC(C)=O)[C@H](OC(C)=O)[C@H](OC(C)=O)[C@H]1OC(C)=O. The molecule has 1 heterocycles.